The van der Waals surface area contributed by atoms with Crippen LogP contribution in [0.1, 0.15) is 17.0 Å². The van der Waals surface area contributed by atoms with E-state index in [0.717, 1.165) is 22.8 Å². The summed E-state index contributed by atoms with van der Waals surface area (Å²) in [6.45, 7) is 4.52. The third-order valence-electron chi connectivity index (χ3n) is 2.54. The van der Waals surface area contributed by atoms with Crippen molar-refractivity contribution in [2.24, 2.45) is 0 Å². The summed E-state index contributed by atoms with van der Waals surface area (Å²) < 4.78 is 5.01. The largest absolute Gasteiger partial charge is 0.481 e. The van der Waals surface area contributed by atoms with Crippen molar-refractivity contribution in [1.29, 1.82) is 0 Å². The first-order chi connectivity index (χ1) is 8.69. The minimum absolute atomic E-state index is 0.616. The van der Waals surface area contributed by atoms with Gasteiger partial charge in [-0.1, -0.05) is 6.07 Å². The van der Waals surface area contributed by atoms with Crippen molar-refractivity contribution in [2.45, 2.75) is 20.4 Å². The second-order valence-electron chi connectivity index (χ2n) is 4.01. The quantitative estimate of drug-likeness (QED) is 0.892. The van der Waals surface area contributed by atoms with Gasteiger partial charge in [0.2, 0.25) is 5.88 Å². The summed E-state index contributed by atoms with van der Waals surface area (Å²) in [6, 6.07) is 3.81. The van der Waals surface area contributed by atoms with E-state index in [1.165, 1.54) is 0 Å². The van der Waals surface area contributed by atoms with Crippen molar-refractivity contribution in [3.63, 3.8) is 0 Å². The fourth-order valence-corrected chi connectivity index (χ4v) is 1.53. The first-order valence-corrected chi connectivity index (χ1v) is 5.72. The molecule has 5 nitrogen and oxygen atoms in total. The van der Waals surface area contributed by atoms with Gasteiger partial charge in [0.15, 0.2) is 0 Å². The third-order valence-corrected chi connectivity index (χ3v) is 2.54. The highest BCUT2D eigenvalue weighted by molar-refractivity contribution is 5.40. The molecule has 5 heteroatoms. The zero-order valence-electron chi connectivity index (χ0n) is 10.8. The van der Waals surface area contributed by atoms with Gasteiger partial charge in [-0.3, -0.25) is 4.98 Å². The number of hydrogen-bond acceptors (Lipinski definition) is 5. The minimum Gasteiger partial charge on any atom is -0.481 e. The van der Waals surface area contributed by atoms with E-state index in [2.05, 4.69) is 20.3 Å². The molecule has 0 atom stereocenters. The summed E-state index contributed by atoms with van der Waals surface area (Å²) in [5.74, 6) is 1.43. The molecule has 0 saturated carbocycles. The highest BCUT2D eigenvalue weighted by Crippen LogP contribution is 2.12. The number of pyridine rings is 1. The van der Waals surface area contributed by atoms with Gasteiger partial charge in [-0.2, -0.15) is 0 Å². The van der Waals surface area contributed by atoms with Crippen LogP contribution in [0.15, 0.2) is 24.5 Å². The highest BCUT2D eigenvalue weighted by Gasteiger charge is 2.02. The molecule has 1 N–H and O–H groups in total. The van der Waals surface area contributed by atoms with Gasteiger partial charge in [0.25, 0.3) is 0 Å². The Morgan fingerprint density at radius 3 is 2.67 bits per heavy atom. The molecular formula is C13H16N4O. The summed E-state index contributed by atoms with van der Waals surface area (Å²) in [7, 11) is 1.60. The minimum atomic E-state index is 0.616. The molecular weight excluding hydrogens is 228 g/mol. The zero-order valence-corrected chi connectivity index (χ0v) is 10.8. The van der Waals surface area contributed by atoms with Crippen LogP contribution in [0.4, 0.5) is 5.82 Å². The Hall–Kier alpha value is -2.17. The van der Waals surface area contributed by atoms with E-state index in [1.54, 1.807) is 19.5 Å². The average Bonchev–Trinajstić information content (AvgIpc) is 2.40. The van der Waals surface area contributed by atoms with Crippen LogP contribution in [0.5, 0.6) is 5.88 Å². The maximum atomic E-state index is 5.01. The van der Waals surface area contributed by atoms with Crippen molar-refractivity contribution < 1.29 is 4.74 Å². The number of nitrogens with one attached hydrogen (secondary N) is 1. The van der Waals surface area contributed by atoms with Crippen LogP contribution in [-0.2, 0) is 6.54 Å². The lowest BCUT2D eigenvalue weighted by atomic mass is 10.3. The maximum absolute atomic E-state index is 5.01. The van der Waals surface area contributed by atoms with Crippen molar-refractivity contribution >= 4 is 5.82 Å². The molecule has 0 amide bonds. The SMILES string of the molecule is COc1ccc(CNc2nc(C)cnc2C)cn1. The Bertz CT molecular complexity index is 525. The van der Waals surface area contributed by atoms with E-state index in [9.17, 15) is 0 Å². The van der Waals surface area contributed by atoms with Gasteiger partial charge in [-0.05, 0) is 19.4 Å². The van der Waals surface area contributed by atoms with E-state index in [-0.39, 0.29) is 0 Å². The van der Waals surface area contributed by atoms with E-state index in [0.29, 0.717) is 12.4 Å². The predicted molar refractivity (Wildman–Crippen MR) is 69.6 cm³/mol. The fraction of sp³-hybridized carbons (Fsp3) is 0.308. The Morgan fingerprint density at radius 2 is 2.00 bits per heavy atom. The third kappa shape index (κ3) is 2.94. The first-order valence-electron chi connectivity index (χ1n) is 5.72. The molecule has 2 aromatic rings. The second kappa shape index (κ2) is 5.44. The van der Waals surface area contributed by atoms with Crippen molar-refractivity contribution in [3.8, 4) is 5.88 Å². The van der Waals surface area contributed by atoms with E-state index >= 15 is 0 Å². The number of rotatable bonds is 4. The van der Waals surface area contributed by atoms with Crippen LogP contribution < -0.4 is 10.1 Å². The lowest BCUT2D eigenvalue weighted by Gasteiger charge is -2.08. The van der Waals surface area contributed by atoms with Crippen LogP contribution in [-0.4, -0.2) is 22.1 Å². The second-order valence-corrected chi connectivity index (χ2v) is 4.01. The Balaban J connectivity index is 2.04. The van der Waals surface area contributed by atoms with Gasteiger partial charge in [0, 0.05) is 25.0 Å². The van der Waals surface area contributed by atoms with E-state index < -0.39 is 0 Å². The van der Waals surface area contributed by atoms with Gasteiger partial charge >= 0.3 is 0 Å². The fourth-order valence-electron chi connectivity index (χ4n) is 1.53. The molecule has 0 aliphatic heterocycles. The number of aryl methyl sites for hydroxylation is 2. The lowest BCUT2D eigenvalue weighted by molar-refractivity contribution is 0.397. The number of hydrogen-bond donors (Lipinski definition) is 1. The summed E-state index contributed by atoms with van der Waals surface area (Å²) in [5.41, 5.74) is 2.86. The van der Waals surface area contributed by atoms with Crippen LogP contribution >= 0.6 is 0 Å². The van der Waals surface area contributed by atoms with E-state index in [4.69, 9.17) is 4.74 Å². The standard InChI is InChI=1S/C13H16N4O/c1-9-6-14-10(2)13(17-9)16-8-11-4-5-12(18-3)15-7-11/h4-7H,8H2,1-3H3,(H,16,17). The summed E-state index contributed by atoms with van der Waals surface area (Å²) in [6.07, 6.45) is 3.54. The molecule has 0 aliphatic rings. The Kier molecular flexibility index (Phi) is 3.72. The number of ether oxygens (including phenoxy) is 1. The monoisotopic (exact) mass is 244 g/mol. The topological polar surface area (TPSA) is 59.9 Å². The number of nitrogens with zero attached hydrogens (tertiary/aromatic N) is 3. The van der Waals surface area contributed by atoms with Crippen molar-refractivity contribution in [2.75, 3.05) is 12.4 Å². The number of aromatic nitrogens is 3. The Morgan fingerprint density at radius 1 is 1.17 bits per heavy atom. The zero-order chi connectivity index (χ0) is 13.0. The van der Waals surface area contributed by atoms with Gasteiger partial charge in [-0.15, -0.1) is 0 Å². The molecule has 2 aromatic heterocycles. The molecule has 0 aromatic carbocycles. The summed E-state index contributed by atoms with van der Waals surface area (Å²) in [4.78, 5) is 12.8. The number of anilines is 1. The molecule has 0 fully saturated rings. The molecule has 0 aliphatic carbocycles. The van der Waals surface area contributed by atoms with Crippen molar-refractivity contribution in [3.05, 3.63) is 41.5 Å². The van der Waals surface area contributed by atoms with Gasteiger partial charge in [0.05, 0.1) is 18.5 Å². The van der Waals surface area contributed by atoms with Gasteiger partial charge in [0.1, 0.15) is 5.82 Å². The molecule has 0 saturated heterocycles. The molecule has 0 unspecified atom stereocenters. The normalized spacial score (nSPS) is 10.2. The van der Waals surface area contributed by atoms with Crippen molar-refractivity contribution in [1.82, 2.24) is 15.0 Å². The summed E-state index contributed by atoms with van der Waals surface area (Å²) in [5, 5.41) is 3.25. The van der Waals surface area contributed by atoms with Crippen LogP contribution in [0, 0.1) is 13.8 Å². The molecule has 18 heavy (non-hydrogen) atoms. The Labute approximate surface area is 106 Å². The first kappa shape index (κ1) is 12.3. The molecule has 0 spiro atoms. The highest BCUT2D eigenvalue weighted by atomic mass is 16.5. The molecule has 0 radical (unpaired) electrons. The predicted octanol–water partition coefficient (Wildman–Crippen LogP) is 2.11. The molecule has 0 bridgehead atoms. The van der Waals surface area contributed by atoms with Crippen LogP contribution in [0.3, 0.4) is 0 Å². The summed E-state index contributed by atoms with van der Waals surface area (Å²) >= 11 is 0. The maximum Gasteiger partial charge on any atom is 0.212 e. The lowest BCUT2D eigenvalue weighted by Crippen LogP contribution is -2.05. The molecule has 2 heterocycles. The van der Waals surface area contributed by atoms with E-state index in [1.807, 2.05) is 26.0 Å². The van der Waals surface area contributed by atoms with Gasteiger partial charge < -0.3 is 10.1 Å². The number of methoxy groups -OCH3 is 1. The van der Waals surface area contributed by atoms with Gasteiger partial charge in [-0.25, -0.2) is 9.97 Å². The molecule has 94 valence electrons. The molecule has 2 rings (SSSR count). The average molecular weight is 244 g/mol. The smallest absolute Gasteiger partial charge is 0.212 e. The van der Waals surface area contributed by atoms with Crippen LogP contribution in [0.2, 0.25) is 0 Å². The van der Waals surface area contributed by atoms with Crippen LogP contribution in [0.25, 0.3) is 0 Å².